The number of anilines is 1. The molecule has 0 fully saturated rings. The molecule has 3 aromatic rings. The number of aliphatic hydroxyl groups is 1. The molecule has 10 nitrogen and oxygen atoms in total. The Labute approximate surface area is 160 Å². The van der Waals surface area contributed by atoms with Gasteiger partial charge in [-0.2, -0.15) is 4.98 Å². The Bertz CT molecular complexity index is 1130. The fourth-order valence-electron chi connectivity index (χ4n) is 3.06. The molecular weight excluding hydrogens is 366 g/mol. The largest absolute Gasteiger partial charge is 0.493 e. The molecule has 0 saturated heterocycles. The van der Waals surface area contributed by atoms with Crippen molar-refractivity contribution in [1.29, 1.82) is 0 Å². The Balaban J connectivity index is 2.21. The highest BCUT2D eigenvalue weighted by molar-refractivity contribution is 5.74. The van der Waals surface area contributed by atoms with E-state index >= 15 is 0 Å². The van der Waals surface area contributed by atoms with E-state index in [1.165, 1.54) is 11.6 Å². The van der Waals surface area contributed by atoms with Crippen LogP contribution in [0.5, 0.6) is 11.5 Å². The Morgan fingerprint density at radius 3 is 2.46 bits per heavy atom. The molecule has 0 aliphatic carbocycles. The van der Waals surface area contributed by atoms with Crippen LogP contribution in [0.3, 0.4) is 0 Å². The van der Waals surface area contributed by atoms with E-state index in [1.807, 2.05) is 12.1 Å². The summed E-state index contributed by atoms with van der Waals surface area (Å²) >= 11 is 0. The molecule has 0 bridgehead atoms. The second kappa shape index (κ2) is 7.77. The smallest absolute Gasteiger partial charge is 0.332 e. The molecule has 0 spiro atoms. The SMILES string of the molecule is COc1ccc(Cn2c(NCCO)nc3c2c(=O)n(C)c(=O)n3C)cc1OC. The van der Waals surface area contributed by atoms with Gasteiger partial charge in [-0.25, -0.2) is 4.79 Å². The molecule has 1 aromatic carbocycles. The van der Waals surface area contributed by atoms with Gasteiger partial charge in [0.1, 0.15) is 0 Å². The number of aryl methyl sites for hydroxylation is 1. The van der Waals surface area contributed by atoms with Crippen LogP contribution in [0.1, 0.15) is 5.56 Å². The van der Waals surface area contributed by atoms with Crippen LogP contribution in [0.2, 0.25) is 0 Å². The minimum absolute atomic E-state index is 0.101. The van der Waals surface area contributed by atoms with Gasteiger partial charge in [-0.15, -0.1) is 0 Å². The van der Waals surface area contributed by atoms with Crippen molar-refractivity contribution in [1.82, 2.24) is 18.7 Å². The van der Waals surface area contributed by atoms with Gasteiger partial charge in [0.2, 0.25) is 5.95 Å². The molecule has 3 rings (SSSR count). The third-order valence-corrected chi connectivity index (χ3v) is 4.53. The van der Waals surface area contributed by atoms with Crippen molar-refractivity contribution >= 4 is 17.1 Å². The number of fused-ring (bicyclic) bond motifs is 1. The molecule has 2 aromatic heterocycles. The average molecular weight is 389 g/mol. The number of nitrogens with zero attached hydrogens (tertiary/aromatic N) is 4. The lowest BCUT2D eigenvalue weighted by Crippen LogP contribution is -2.37. The predicted octanol–water partition coefficient (Wildman–Crippen LogP) is -0.0966. The summed E-state index contributed by atoms with van der Waals surface area (Å²) < 4.78 is 14.7. The zero-order chi connectivity index (χ0) is 20.4. The maximum atomic E-state index is 12.8. The Kier molecular flexibility index (Phi) is 5.41. The minimum Gasteiger partial charge on any atom is -0.493 e. The first-order valence-corrected chi connectivity index (χ1v) is 8.64. The fourth-order valence-corrected chi connectivity index (χ4v) is 3.06. The highest BCUT2D eigenvalue weighted by Crippen LogP contribution is 2.28. The van der Waals surface area contributed by atoms with E-state index in [2.05, 4.69) is 10.3 Å². The summed E-state index contributed by atoms with van der Waals surface area (Å²) in [7, 11) is 6.10. The van der Waals surface area contributed by atoms with Gasteiger partial charge in [-0.1, -0.05) is 6.07 Å². The number of hydrogen-bond acceptors (Lipinski definition) is 7. The number of methoxy groups -OCH3 is 2. The van der Waals surface area contributed by atoms with Gasteiger partial charge in [0.05, 0.1) is 27.4 Å². The van der Waals surface area contributed by atoms with E-state index < -0.39 is 11.2 Å². The molecule has 0 radical (unpaired) electrons. The first-order chi connectivity index (χ1) is 13.4. The van der Waals surface area contributed by atoms with Crippen LogP contribution in [-0.4, -0.2) is 51.2 Å². The van der Waals surface area contributed by atoms with E-state index in [4.69, 9.17) is 14.6 Å². The predicted molar refractivity (Wildman–Crippen MR) is 104 cm³/mol. The van der Waals surface area contributed by atoms with Crippen LogP contribution < -0.4 is 26.0 Å². The summed E-state index contributed by atoms with van der Waals surface area (Å²) in [5.41, 5.74) is 0.513. The van der Waals surface area contributed by atoms with Crippen LogP contribution in [-0.2, 0) is 20.6 Å². The molecule has 0 saturated carbocycles. The lowest BCUT2D eigenvalue weighted by atomic mass is 10.2. The van der Waals surface area contributed by atoms with Crippen molar-refractivity contribution < 1.29 is 14.6 Å². The van der Waals surface area contributed by atoms with Crippen molar-refractivity contribution in [3.8, 4) is 11.5 Å². The number of nitrogens with one attached hydrogen (secondary N) is 1. The Morgan fingerprint density at radius 2 is 1.82 bits per heavy atom. The second-order valence-electron chi connectivity index (χ2n) is 6.24. The zero-order valence-corrected chi connectivity index (χ0v) is 16.2. The molecule has 0 amide bonds. The molecule has 0 aliphatic heterocycles. The molecule has 10 heteroatoms. The number of rotatable bonds is 7. The van der Waals surface area contributed by atoms with Crippen molar-refractivity contribution in [3.63, 3.8) is 0 Å². The average Bonchev–Trinajstić information content (AvgIpc) is 3.07. The highest BCUT2D eigenvalue weighted by Gasteiger charge is 2.19. The summed E-state index contributed by atoms with van der Waals surface area (Å²) in [6, 6.07) is 5.45. The Hall–Kier alpha value is -3.27. The summed E-state index contributed by atoms with van der Waals surface area (Å²) in [5.74, 6) is 1.55. The standard InChI is InChI=1S/C18H23N5O5/c1-21-15-14(16(25)22(2)18(21)26)23(17(20-15)19-7-8-24)10-11-5-6-12(27-3)13(9-11)28-4/h5-6,9,24H,7-8,10H2,1-4H3,(H,19,20). The molecule has 2 N–H and O–H groups in total. The van der Waals surface area contributed by atoms with Crippen molar-refractivity contribution in [2.45, 2.75) is 6.54 Å². The summed E-state index contributed by atoms with van der Waals surface area (Å²) in [4.78, 5) is 29.4. The van der Waals surface area contributed by atoms with Gasteiger partial charge in [0.25, 0.3) is 5.56 Å². The minimum atomic E-state index is -0.457. The van der Waals surface area contributed by atoms with Gasteiger partial charge in [0, 0.05) is 20.6 Å². The van der Waals surface area contributed by atoms with Crippen LogP contribution in [0.15, 0.2) is 27.8 Å². The first kappa shape index (κ1) is 19.5. The van der Waals surface area contributed by atoms with Crippen LogP contribution in [0, 0.1) is 0 Å². The number of aliphatic hydroxyl groups excluding tert-OH is 1. The number of benzene rings is 1. The van der Waals surface area contributed by atoms with Crippen LogP contribution in [0.4, 0.5) is 5.95 Å². The highest BCUT2D eigenvalue weighted by atomic mass is 16.5. The summed E-state index contributed by atoms with van der Waals surface area (Å²) in [6.45, 7) is 0.456. The lowest BCUT2D eigenvalue weighted by molar-refractivity contribution is 0.310. The van der Waals surface area contributed by atoms with Crippen molar-refractivity contribution in [2.75, 3.05) is 32.7 Å². The normalized spacial score (nSPS) is 11.0. The van der Waals surface area contributed by atoms with E-state index in [1.54, 1.807) is 31.9 Å². The van der Waals surface area contributed by atoms with Crippen LogP contribution in [0.25, 0.3) is 11.2 Å². The second-order valence-corrected chi connectivity index (χ2v) is 6.24. The van der Waals surface area contributed by atoms with E-state index in [9.17, 15) is 9.59 Å². The fraction of sp³-hybridized carbons (Fsp3) is 0.389. The monoisotopic (exact) mass is 389 g/mol. The molecule has 0 atom stereocenters. The summed E-state index contributed by atoms with van der Waals surface area (Å²) in [5, 5.41) is 12.2. The molecular formula is C18H23N5O5. The number of imidazole rings is 1. The molecule has 2 heterocycles. The number of ether oxygens (including phenoxy) is 2. The van der Waals surface area contributed by atoms with Crippen LogP contribution >= 0.6 is 0 Å². The van der Waals surface area contributed by atoms with Crippen molar-refractivity contribution in [3.05, 3.63) is 44.6 Å². The summed E-state index contributed by atoms with van der Waals surface area (Å²) in [6.07, 6.45) is 0. The zero-order valence-electron chi connectivity index (χ0n) is 16.2. The lowest BCUT2D eigenvalue weighted by Gasteiger charge is -2.13. The maximum Gasteiger partial charge on any atom is 0.332 e. The third kappa shape index (κ3) is 3.22. The van der Waals surface area contributed by atoms with E-state index in [0.717, 1.165) is 10.1 Å². The van der Waals surface area contributed by atoms with Crippen molar-refractivity contribution in [2.24, 2.45) is 14.1 Å². The maximum absolute atomic E-state index is 12.8. The number of hydrogen-bond donors (Lipinski definition) is 2. The number of aromatic nitrogens is 4. The molecule has 0 unspecified atom stereocenters. The van der Waals surface area contributed by atoms with Gasteiger partial charge in [0.15, 0.2) is 22.7 Å². The third-order valence-electron chi connectivity index (χ3n) is 4.53. The topological polar surface area (TPSA) is 113 Å². The first-order valence-electron chi connectivity index (χ1n) is 8.64. The molecule has 150 valence electrons. The quantitative estimate of drug-likeness (QED) is 0.580. The van der Waals surface area contributed by atoms with E-state index in [-0.39, 0.29) is 18.8 Å². The van der Waals surface area contributed by atoms with Gasteiger partial charge in [-0.05, 0) is 17.7 Å². The molecule has 28 heavy (non-hydrogen) atoms. The van der Waals surface area contributed by atoms with Gasteiger partial charge < -0.3 is 19.9 Å². The van der Waals surface area contributed by atoms with Gasteiger partial charge >= 0.3 is 5.69 Å². The molecule has 0 aliphatic rings. The van der Waals surface area contributed by atoms with E-state index in [0.29, 0.717) is 29.5 Å². The van der Waals surface area contributed by atoms with Gasteiger partial charge in [-0.3, -0.25) is 18.5 Å². The Morgan fingerprint density at radius 1 is 1.11 bits per heavy atom.